The topological polar surface area (TPSA) is 85.5 Å². The van der Waals surface area contributed by atoms with E-state index in [4.69, 9.17) is 0 Å². The Labute approximate surface area is 172 Å². The molecule has 2 N–H and O–H groups in total. The molecule has 0 atom stereocenters. The van der Waals surface area contributed by atoms with Gasteiger partial charge in [0, 0.05) is 37.3 Å². The lowest BCUT2D eigenvalue weighted by atomic mass is 9.99. The Kier molecular flexibility index (Phi) is 7.85. The first kappa shape index (κ1) is 21.7. The molecule has 28 heavy (non-hydrogen) atoms. The number of carbonyl (C=O) groups excluding carboxylic acids is 1. The highest BCUT2D eigenvalue weighted by Gasteiger charge is 2.27. The van der Waals surface area contributed by atoms with Crippen molar-refractivity contribution in [2.75, 3.05) is 50.8 Å². The van der Waals surface area contributed by atoms with Gasteiger partial charge in [-0.15, -0.1) is 0 Å². The van der Waals surface area contributed by atoms with Crippen LogP contribution in [0.1, 0.15) is 43.1 Å². The van der Waals surface area contributed by atoms with Crippen LogP contribution in [-0.2, 0) is 10.0 Å². The van der Waals surface area contributed by atoms with Crippen molar-refractivity contribution in [3.63, 3.8) is 0 Å². The molecule has 3 heterocycles. The second-order valence-electron chi connectivity index (χ2n) is 7.75. The van der Waals surface area contributed by atoms with Crippen molar-refractivity contribution in [3.05, 3.63) is 18.0 Å². The molecule has 2 fully saturated rings. The van der Waals surface area contributed by atoms with E-state index in [9.17, 15) is 13.2 Å². The third-order valence-electron chi connectivity index (χ3n) is 5.57. The third-order valence-corrected chi connectivity index (χ3v) is 8.39. The maximum absolute atomic E-state index is 12.7. The van der Waals surface area contributed by atoms with Gasteiger partial charge in [-0.3, -0.25) is 4.79 Å². The van der Waals surface area contributed by atoms with Crippen LogP contribution >= 0.6 is 11.8 Å². The van der Waals surface area contributed by atoms with Gasteiger partial charge in [-0.1, -0.05) is 6.92 Å². The number of nitrogens with zero attached hydrogens (tertiary/aromatic N) is 2. The number of unbranched alkanes of at least 4 members (excludes halogenated alkanes) is 1. The first-order chi connectivity index (χ1) is 13.5. The highest BCUT2D eigenvalue weighted by molar-refractivity contribution is 7.99. The maximum Gasteiger partial charge on any atom is 0.267 e. The fourth-order valence-corrected chi connectivity index (χ4v) is 6.20. The molecule has 7 nitrogen and oxygen atoms in total. The minimum absolute atomic E-state index is 0.170. The zero-order valence-corrected chi connectivity index (χ0v) is 18.3. The zero-order chi connectivity index (χ0) is 20.0. The Bertz CT molecular complexity index is 736. The lowest BCUT2D eigenvalue weighted by Crippen LogP contribution is -2.37. The molecule has 0 spiro atoms. The summed E-state index contributed by atoms with van der Waals surface area (Å²) < 4.78 is 26.8. The third kappa shape index (κ3) is 5.75. The van der Waals surface area contributed by atoms with Crippen LogP contribution in [0.15, 0.2) is 17.2 Å². The number of piperidine rings is 1. The number of amides is 1. The molecule has 0 radical (unpaired) electrons. The highest BCUT2D eigenvalue weighted by atomic mass is 32.2. The SMILES string of the molecule is CC1CCN(CCCCNC(=O)c2cc(S(=O)(=O)N3CCSCC3)c[nH]2)CC1. The molecule has 9 heteroatoms. The van der Waals surface area contributed by atoms with Gasteiger partial charge >= 0.3 is 0 Å². The Morgan fingerprint density at radius 2 is 1.93 bits per heavy atom. The van der Waals surface area contributed by atoms with E-state index in [-0.39, 0.29) is 10.8 Å². The van der Waals surface area contributed by atoms with Crippen LogP contribution in [-0.4, -0.2) is 79.3 Å². The molecule has 1 amide bonds. The number of carbonyl (C=O) groups is 1. The van der Waals surface area contributed by atoms with Crippen molar-refractivity contribution < 1.29 is 13.2 Å². The van der Waals surface area contributed by atoms with Crippen LogP contribution in [0.5, 0.6) is 0 Å². The Morgan fingerprint density at radius 1 is 1.21 bits per heavy atom. The molecule has 0 bridgehead atoms. The van der Waals surface area contributed by atoms with Crippen molar-refractivity contribution in [1.29, 1.82) is 0 Å². The van der Waals surface area contributed by atoms with Crippen molar-refractivity contribution in [1.82, 2.24) is 19.5 Å². The summed E-state index contributed by atoms with van der Waals surface area (Å²) >= 11 is 1.76. The van der Waals surface area contributed by atoms with E-state index >= 15 is 0 Å². The standard InChI is InChI=1S/C19H32N4O3S2/c1-16-4-8-22(9-5-16)7-3-2-6-20-19(24)18-14-17(15-21-18)28(25,26)23-10-12-27-13-11-23/h14-16,21H,2-13H2,1H3,(H,20,24). The van der Waals surface area contributed by atoms with Crippen molar-refractivity contribution in [2.45, 2.75) is 37.5 Å². The first-order valence-electron chi connectivity index (χ1n) is 10.2. The van der Waals surface area contributed by atoms with E-state index in [0.29, 0.717) is 25.3 Å². The highest BCUT2D eigenvalue weighted by Crippen LogP contribution is 2.21. The van der Waals surface area contributed by atoms with Crippen LogP contribution in [0.4, 0.5) is 0 Å². The number of aromatic amines is 1. The van der Waals surface area contributed by atoms with E-state index < -0.39 is 10.0 Å². The summed E-state index contributed by atoms with van der Waals surface area (Å²) in [6, 6.07) is 1.45. The molecule has 2 aliphatic rings. The van der Waals surface area contributed by atoms with Gasteiger partial charge in [0.25, 0.3) is 5.91 Å². The second-order valence-corrected chi connectivity index (χ2v) is 10.9. The molecule has 0 aliphatic carbocycles. The van der Waals surface area contributed by atoms with E-state index in [2.05, 4.69) is 22.1 Å². The Morgan fingerprint density at radius 3 is 2.64 bits per heavy atom. The average Bonchev–Trinajstić information content (AvgIpc) is 3.21. The van der Waals surface area contributed by atoms with Gasteiger partial charge in [0.1, 0.15) is 10.6 Å². The molecule has 1 aromatic heterocycles. The number of hydrogen-bond acceptors (Lipinski definition) is 5. The quantitative estimate of drug-likeness (QED) is 0.619. The minimum Gasteiger partial charge on any atom is -0.356 e. The fraction of sp³-hybridized carbons (Fsp3) is 0.737. The van der Waals surface area contributed by atoms with E-state index in [1.807, 2.05) is 0 Å². The zero-order valence-electron chi connectivity index (χ0n) is 16.7. The van der Waals surface area contributed by atoms with Crippen LogP contribution in [0, 0.1) is 5.92 Å². The van der Waals surface area contributed by atoms with Crippen LogP contribution in [0.3, 0.4) is 0 Å². The van der Waals surface area contributed by atoms with Gasteiger partial charge in [-0.2, -0.15) is 16.1 Å². The smallest absolute Gasteiger partial charge is 0.267 e. The number of aromatic nitrogens is 1. The number of likely N-dealkylation sites (tertiary alicyclic amines) is 1. The van der Waals surface area contributed by atoms with Gasteiger partial charge in [0.2, 0.25) is 10.0 Å². The average molecular weight is 429 g/mol. The largest absolute Gasteiger partial charge is 0.356 e. The molecule has 0 saturated carbocycles. The summed E-state index contributed by atoms with van der Waals surface area (Å²) in [5, 5.41) is 2.89. The number of hydrogen-bond donors (Lipinski definition) is 2. The predicted molar refractivity (Wildman–Crippen MR) is 113 cm³/mol. The van der Waals surface area contributed by atoms with Gasteiger partial charge in [0.05, 0.1) is 0 Å². The molecule has 0 aromatic carbocycles. The van der Waals surface area contributed by atoms with Gasteiger partial charge in [0.15, 0.2) is 0 Å². The molecule has 2 saturated heterocycles. The summed E-state index contributed by atoms with van der Waals surface area (Å²) in [5.41, 5.74) is 0.301. The van der Waals surface area contributed by atoms with Crippen LogP contribution in [0.25, 0.3) is 0 Å². The normalized spacial score (nSPS) is 20.3. The minimum atomic E-state index is -3.52. The predicted octanol–water partition coefficient (Wildman–Crippen LogP) is 1.99. The molecular weight excluding hydrogens is 396 g/mol. The van der Waals surface area contributed by atoms with Crippen molar-refractivity contribution in [2.24, 2.45) is 5.92 Å². The lowest BCUT2D eigenvalue weighted by molar-refractivity contribution is 0.0947. The molecule has 158 valence electrons. The van der Waals surface area contributed by atoms with Gasteiger partial charge < -0.3 is 15.2 Å². The monoisotopic (exact) mass is 428 g/mol. The maximum atomic E-state index is 12.7. The number of nitrogens with one attached hydrogen (secondary N) is 2. The molecule has 2 aliphatic heterocycles. The molecule has 0 unspecified atom stereocenters. The van der Waals surface area contributed by atoms with E-state index in [1.165, 1.54) is 42.5 Å². The number of H-pyrrole nitrogens is 1. The second kappa shape index (κ2) is 10.1. The number of thioether (sulfide) groups is 1. The van der Waals surface area contributed by atoms with Crippen molar-refractivity contribution in [3.8, 4) is 0 Å². The van der Waals surface area contributed by atoms with E-state index in [0.717, 1.165) is 36.8 Å². The van der Waals surface area contributed by atoms with Crippen LogP contribution in [0.2, 0.25) is 0 Å². The summed E-state index contributed by atoms with van der Waals surface area (Å²) in [6.07, 6.45) is 5.97. The Balaban J connectivity index is 1.40. The lowest BCUT2D eigenvalue weighted by Gasteiger charge is -2.30. The summed E-state index contributed by atoms with van der Waals surface area (Å²) in [6.45, 7) is 7.42. The van der Waals surface area contributed by atoms with Gasteiger partial charge in [-0.25, -0.2) is 8.42 Å². The molecule has 1 aromatic rings. The van der Waals surface area contributed by atoms with Gasteiger partial charge in [-0.05, 0) is 57.3 Å². The summed E-state index contributed by atoms with van der Waals surface area (Å²) in [4.78, 5) is 17.8. The van der Waals surface area contributed by atoms with Crippen LogP contribution < -0.4 is 5.32 Å². The molecule has 3 rings (SSSR count). The Hall–Kier alpha value is -1.03. The first-order valence-corrected chi connectivity index (χ1v) is 12.8. The number of sulfonamides is 1. The fourth-order valence-electron chi connectivity index (χ4n) is 3.63. The number of rotatable bonds is 8. The summed E-state index contributed by atoms with van der Waals surface area (Å²) in [7, 11) is -3.52. The van der Waals surface area contributed by atoms with Crippen molar-refractivity contribution >= 4 is 27.7 Å². The molecular formula is C19H32N4O3S2. The summed E-state index contributed by atoms with van der Waals surface area (Å²) in [5.74, 6) is 2.22. The van der Waals surface area contributed by atoms with E-state index in [1.54, 1.807) is 11.8 Å².